The number of rotatable bonds is 8. The van der Waals surface area contributed by atoms with Crippen molar-refractivity contribution in [1.29, 1.82) is 0 Å². The summed E-state index contributed by atoms with van der Waals surface area (Å²) in [7, 11) is 1.58. The van der Waals surface area contributed by atoms with Crippen LogP contribution in [0.3, 0.4) is 0 Å². The van der Waals surface area contributed by atoms with Gasteiger partial charge in [-0.05, 0) is 60.5 Å². The summed E-state index contributed by atoms with van der Waals surface area (Å²) >= 11 is 0. The first-order chi connectivity index (χ1) is 16.5. The van der Waals surface area contributed by atoms with Crippen molar-refractivity contribution in [2.75, 3.05) is 13.7 Å². The summed E-state index contributed by atoms with van der Waals surface area (Å²) in [5, 5.41) is 6.38. The third kappa shape index (κ3) is 5.50. The van der Waals surface area contributed by atoms with E-state index in [1.54, 1.807) is 55.8 Å². The number of ether oxygens (including phenoxy) is 1. The predicted octanol–water partition coefficient (Wildman–Crippen LogP) is 4.45. The van der Waals surface area contributed by atoms with Crippen LogP contribution in [-0.4, -0.2) is 30.5 Å². The lowest BCUT2D eigenvalue weighted by Gasteiger charge is -2.11. The molecule has 172 valence electrons. The van der Waals surface area contributed by atoms with Gasteiger partial charge >= 0.3 is 0 Å². The number of methoxy groups -OCH3 is 1. The first-order valence-corrected chi connectivity index (χ1v) is 10.8. The van der Waals surface area contributed by atoms with E-state index in [0.29, 0.717) is 17.7 Å². The largest absolute Gasteiger partial charge is 0.497 e. The second kappa shape index (κ2) is 10.5. The van der Waals surface area contributed by atoms with E-state index in [0.717, 1.165) is 22.0 Å². The van der Waals surface area contributed by atoms with Crippen molar-refractivity contribution in [2.24, 2.45) is 0 Å². The molecule has 6 nitrogen and oxygen atoms in total. The minimum atomic E-state index is -0.446. The van der Waals surface area contributed by atoms with E-state index in [2.05, 4.69) is 15.6 Å². The number of halogens is 1. The fourth-order valence-electron chi connectivity index (χ4n) is 3.57. The van der Waals surface area contributed by atoms with Crippen LogP contribution in [0.25, 0.3) is 17.0 Å². The molecule has 1 aromatic heterocycles. The lowest BCUT2D eigenvalue weighted by Crippen LogP contribution is -2.35. The maximum Gasteiger partial charge on any atom is 0.267 e. The van der Waals surface area contributed by atoms with E-state index >= 15 is 0 Å². The van der Waals surface area contributed by atoms with Gasteiger partial charge in [-0.1, -0.05) is 30.3 Å². The zero-order valence-corrected chi connectivity index (χ0v) is 18.6. The molecular weight excluding hydrogens is 433 g/mol. The highest BCUT2D eigenvalue weighted by molar-refractivity contribution is 6.06. The molecule has 0 aliphatic heterocycles. The zero-order chi connectivity index (χ0) is 23.9. The quantitative estimate of drug-likeness (QED) is 0.342. The molecule has 0 unspecified atom stereocenters. The Balaban J connectivity index is 1.58. The lowest BCUT2D eigenvalue weighted by atomic mass is 10.1. The van der Waals surface area contributed by atoms with E-state index in [1.165, 1.54) is 12.1 Å². The van der Waals surface area contributed by atoms with Gasteiger partial charge in [0.05, 0.1) is 7.11 Å². The Morgan fingerprint density at radius 1 is 1.03 bits per heavy atom. The average Bonchev–Trinajstić information content (AvgIpc) is 3.26. The van der Waals surface area contributed by atoms with Crippen molar-refractivity contribution in [3.63, 3.8) is 0 Å². The average molecular weight is 458 g/mol. The highest BCUT2D eigenvalue weighted by Gasteiger charge is 2.16. The van der Waals surface area contributed by atoms with E-state index in [9.17, 15) is 14.0 Å². The first kappa shape index (κ1) is 22.8. The van der Waals surface area contributed by atoms with Crippen molar-refractivity contribution in [3.05, 3.63) is 107 Å². The monoisotopic (exact) mass is 457 g/mol. The fourth-order valence-corrected chi connectivity index (χ4v) is 3.57. The molecule has 4 aromatic rings. The van der Waals surface area contributed by atoms with Crippen LogP contribution in [0, 0.1) is 5.82 Å². The summed E-state index contributed by atoms with van der Waals surface area (Å²) in [6.45, 7) is 0.280. The number of H-pyrrole nitrogens is 1. The maximum absolute atomic E-state index is 13.4. The van der Waals surface area contributed by atoms with Crippen LogP contribution in [0.15, 0.2) is 84.7 Å². The van der Waals surface area contributed by atoms with Crippen LogP contribution in [-0.2, 0) is 11.2 Å². The number of hydrogen-bond donors (Lipinski definition) is 3. The predicted molar refractivity (Wildman–Crippen MR) is 130 cm³/mol. The summed E-state index contributed by atoms with van der Waals surface area (Å²) < 4.78 is 18.7. The van der Waals surface area contributed by atoms with Gasteiger partial charge < -0.3 is 20.4 Å². The van der Waals surface area contributed by atoms with Gasteiger partial charge in [-0.2, -0.15) is 0 Å². The molecule has 0 saturated heterocycles. The third-order valence-corrected chi connectivity index (χ3v) is 5.34. The van der Waals surface area contributed by atoms with Crippen LogP contribution in [0.2, 0.25) is 0 Å². The number of benzene rings is 3. The summed E-state index contributed by atoms with van der Waals surface area (Å²) in [5.74, 6) is -0.493. The molecule has 4 rings (SSSR count). The molecule has 0 aliphatic carbocycles. The Bertz CT molecular complexity index is 1350. The molecule has 0 bridgehead atoms. The van der Waals surface area contributed by atoms with Crippen LogP contribution < -0.4 is 15.4 Å². The highest BCUT2D eigenvalue weighted by atomic mass is 19.1. The standard InChI is InChI=1S/C27H24FN3O3/c1-34-22-10-11-24-23(16-22)20(17-30-24)15-25(31-26(32)19-7-3-2-4-8-19)27(33)29-13-12-18-6-5-9-21(28)14-18/h2-11,14-17,30H,12-13H2,1H3,(H,29,33)(H,31,32)/b25-15+. The summed E-state index contributed by atoms with van der Waals surface area (Å²) in [5.41, 5.74) is 2.88. The minimum absolute atomic E-state index is 0.0943. The van der Waals surface area contributed by atoms with Gasteiger partial charge in [0, 0.05) is 34.8 Å². The molecule has 2 amide bonds. The highest BCUT2D eigenvalue weighted by Crippen LogP contribution is 2.25. The van der Waals surface area contributed by atoms with Gasteiger partial charge in [0.15, 0.2) is 0 Å². The van der Waals surface area contributed by atoms with Crippen LogP contribution in [0.1, 0.15) is 21.5 Å². The molecule has 34 heavy (non-hydrogen) atoms. The molecule has 0 spiro atoms. The van der Waals surface area contributed by atoms with Crippen LogP contribution in [0.4, 0.5) is 4.39 Å². The summed E-state index contributed by atoms with van der Waals surface area (Å²) in [4.78, 5) is 29.0. The van der Waals surface area contributed by atoms with E-state index in [4.69, 9.17) is 4.74 Å². The molecule has 0 fully saturated rings. The number of fused-ring (bicyclic) bond motifs is 1. The molecular formula is C27H24FN3O3. The fraction of sp³-hybridized carbons (Fsp3) is 0.111. The molecule has 0 radical (unpaired) electrons. The molecule has 0 saturated carbocycles. The maximum atomic E-state index is 13.4. The Labute approximate surface area is 196 Å². The SMILES string of the molecule is COc1ccc2[nH]cc(/C=C(/NC(=O)c3ccccc3)C(=O)NCCc3cccc(F)c3)c2c1. The smallest absolute Gasteiger partial charge is 0.267 e. The van der Waals surface area contributed by atoms with Crippen molar-refractivity contribution in [1.82, 2.24) is 15.6 Å². The number of aromatic nitrogens is 1. The Morgan fingerprint density at radius 3 is 2.62 bits per heavy atom. The van der Waals surface area contributed by atoms with Gasteiger partial charge in [0.25, 0.3) is 11.8 Å². The number of carbonyl (C=O) groups is 2. The normalized spacial score (nSPS) is 11.3. The van der Waals surface area contributed by atoms with Gasteiger partial charge in [0.1, 0.15) is 17.3 Å². The third-order valence-electron chi connectivity index (χ3n) is 5.34. The van der Waals surface area contributed by atoms with Crippen molar-refractivity contribution >= 4 is 28.8 Å². The van der Waals surface area contributed by atoms with E-state index < -0.39 is 11.8 Å². The van der Waals surface area contributed by atoms with Gasteiger partial charge in [-0.3, -0.25) is 9.59 Å². The number of hydrogen-bond acceptors (Lipinski definition) is 3. The van der Waals surface area contributed by atoms with Crippen molar-refractivity contribution in [2.45, 2.75) is 6.42 Å². The molecule has 1 heterocycles. The van der Waals surface area contributed by atoms with E-state index in [1.807, 2.05) is 24.3 Å². The first-order valence-electron chi connectivity index (χ1n) is 10.8. The van der Waals surface area contributed by atoms with Gasteiger partial charge in [-0.15, -0.1) is 0 Å². The minimum Gasteiger partial charge on any atom is -0.497 e. The number of carbonyl (C=O) groups excluding carboxylic acids is 2. The topological polar surface area (TPSA) is 83.2 Å². The second-order valence-electron chi connectivity index (χ2n) is 7.67. The summed E-state index contributed by atoms with van der Waals surface area (Å²) in [6, 6.07) is 20.5. The molecule has 7 heteroatoms. The zero-order valence-electron chi connectivity index (χ0n) is 18.6. The Morgan fingerprint density at radius 2 is 1.85 bits per heavy atom. The van der Waals surface area contributed by atoms with Crippen LogP contribution >= 0.6 is 0 Å². The lowest BCUT2D eigenvalue weighted by molar-refractivity contribution is -0.117. The summed E-state index contributed by atoms with van der Waals surface area (Å²) in [6.07, 6.45) is 3.84. The number of amides is 2. The van der Waals surface area contributed by atoms with Gasteiger partial charge in [-0.25, -0.2) is 4.39 Å². The molecule has 0 atom stereocenters. The molecule has 3 N–H and O–H groups in total. The Hall–Kier alpha value is -4.39. The molecule has 0 aliphatic rings. The molecule has 3 aromatic carbocycles. The second-order valence-corrected chi connectivity index (χ2v) is 7.67. The van der Waals surface area contributed by atoms with Crippen molar-refractivity contribution < 1.29 is 18.7 Å². The number of nitrogens with one attached hydrogen (secondary N) is 3. The van der Waals surface area contributed by atoms with Gasteiger partial charge in [0.2, 0.25) is 0 Å². The number of aromatic amines is 1. The van der Waals surface area contributed by atoms with E-state index in [-0.39, 0.29) is 18.1 Å². The van der Waals surface area contributed by atoms with Crippen molar-refractivity contribution in [3.8, 4) is 5.75 Å². The van der Waals surface area contributed by atoms with Crippen LogP contribution in [0.5, 0.6) is 5.75 Å². The Kier molecular flexibility index (Phi) is 7.03.